The number of hydrogen-bond donors (Lipinski definition) is 1. The summed E-state index contributed by atoms with van der Waals surface area (Å²) in [5.74, 6) is -0.272. The van der Waals surface area contributed by atoms with Crippen LogP contribution >= 0.6 is 0 Å². The molecule has 1 fully saturated rings. The number of fused-ring (bicyclic) bond motifs is 1. The third-order valence-electron chi connectivity index (χ3n) is 6.55. The molecule has 0 aliphatic carbocycles. The highest BCUT2D eigenvalue weighted by Crippen LogP contribution is 2.25. The van der Waals surface area contributed by atoms with Gasteiger partial charge in [-0.3, -0.25) is 14.4 Å². The van der Waals surface area contributed by atoms with Crippen molar-refractivity contribution in [2.45, 2.75) is 19.4 Å². The zero-order chi connectivity index (χ0) is 24.4. The Morgan fingerprint density at radius 2 is 1.49 bits per heavy atom. The standard InChI is InChI=1S/C28H25N3O4/c32-22-12-10-20(11-13-22)26(33)21-14-16-30(17-15-21)28(35)25-23-8-4-5-9-24(23)27(34)31(29-25)18-19-6-2-1-3-7-19/h1-13,21,32H,14-18H2. The van der Waals surface area contributed by atoms with Gasteiger partial charge in [0.05, 0.1) is 11.9 Å². The Labute approximate surface area is 202 Å². The van der Waals surface area contributed by atoms with E-state index in [0.717, 1.165) is 5.56 Å². The van der Waals surface area contributed by atoms with Gasteiger partial charge in [-0.05, 0) is 48.7 Å². The number of piperidine rings is 1. The van der Waals surface area contributed by atoms with Crippen molar-refractivity contribution in [1.82, 2.24) is 14.7 Å². The topological polar surface area (TPSA) is 92.5 Å². The average molecular weight is 468 g/mol. The Balaban J connectivity index is 1.39. The smallest absolute Gasteiger partial charge is 0.274 e. The van der Waals surface area contributed by atoms with Gasteiger partial charge < -0.3 is 10.0 Å². The van der Waals surface area contributed by atoms with Crippen LogP contribution in [0.3, 0.4) is 0 Å². The van der Waals surface area contributed by atoms with Crippen LogP contribution in [-0.2, 0) is 6.54 Å². The fraction of sp³-hybridized carbons (Fsp3) is 0.214. The van der Waals surface area contributed by atoms with E-state index in [1.807, 2.05) is 30.3 Å². The molecule has 0 unspecified atom stereocenters. The molecule has 35 heavy (non-hydrogen) atoms. The van der Waals surface area contributed by atoms with E-state index in [1.54, 1.807) is 41.3 Å². The van der Waals surface area contributed by atoms with Gasteiger partial charge in [0.25, 0.3) is 11.5 Å². The van der Waals surface area contributed by atoms with Crippen LogP contribution in [0, 0.1) is 5.92 Å². The van der Waals surface area contributed by atoms with Crippen molar-refractivity contribution in [1.29, 1.82) is 0 Å². The molecule has 1 aliphatic heterocycles. The van der Waals surface area contributed by atoms with Crippen molar-refractivity contribution >= 4 is 22.5 Å². The largest absolute Gasteiger partial charge is 0.508 e. The first-order chi connectivity index (χ1) is 17.0. The van der Waals surface area contributed by atoms with Gasteiger partial charge in [-0.15, -0.1) is 0 Å². The first-order valence-electron chi connectivity index (χ1n) is 11.7. The second-order valence-electron chi connectivity index (χ2n) is 8.82. The molecule has 7 heteroatoms. The predicted octanol–water partition coefficient (Wildman–Crippen LogP) is 3.89. The Morgan fingerprint density at radius 1 is 0.857 bits per heavy atom. The maximum absolute atomic E-state index is 13.5. The monoisotopic (exact) mass is 467 g/mol. The summed E-state index contributed by atoms with van der Waals surface area (Å²) in [6.45, 7) is 1.14. The number of Topliss-reactive ketones (excluding diaryl/α,β-unsaturated/α-hetero) is 1. The number of nitrogens with zero attached hydrogens (tertiary/aromatic N) is 3. The third-order valence-corrected chi connectivity index (χ3v) is 6.55. The second-order valence-corrected chi connectivity index (χ2v) is 8.82. The summed E-state index contributed by atoms with van der Waals surface area (Å²) in [5.41, 5.74) is 1.50. The van der Waals surface area contributed by atoms with Gasteiger partial charge in [0.2, 0.25) is 0 Å². The number of amides is 1. The normalized spacial score (nSPS) is 14.2. The number of aromatic nitrogens is 2. The molecule has 0 atom stereocenters. The molecule has 176 valence electrons. The van der Waals surface area contributed by atoms with Crippen LogP contribution in [0.1, 0.15) is 39.3 Å². The van der Waals surface area contributed by atoms with E-state index >= 15 is 0 Å². The van der Waals surface area contributed by atoms with E-state index in [0.29, 0.717) is 42.3 Å². The summed E-state index contributed by atoms with van der Waals surface area (Å²) >= 11 is 0. The van der Waals surface area contributed by atoms with Gasteiger partial charge in [0, 0.05) is 30.0 Å². The Bertz CT molecular complexity index is 1440. The van der Waals surface area contributed by atoms with E-state index in [9.17, 15) is 19.5 Å². The van der Waals surface area contributed by atoms with E-state index in [2.05, 4.69) is 5.10 Å². The molecule has 2 heterocycles. The average Bonchev–Trinajstić information content (AvgIpc) is 2.91. The number of carbonyl (C=O) groups is 2. The molecule has 0 saturated carbocycles. The minimum Gasteiger partial charge on any atom is -0.508 e. The molecule has 1 saturated heterocycles. The molecule has 1 amide bonds. The van der Waals surface area contributed by atoms with E-state index in [-0.39, 0.29) is 41.2 Å². The van der Waals surface area contributed by atoms with Crippen LogP contribution in [0.2, 0.25) is 0 Å². The van der Waals surface area contributed by atoms with E-state index < -0.39 is 0 Å². The van der Waals surface area contributed by atoms with Crippen molar-refractivity contribution in [2.75, 3.05) is 13.1 Å². The molecule has 5 rings (SSSR count). The number of likely N-dealkylation sites (tertiary alicyclic amines) is 1. The van der Waals surface area contributed by atoms with Gasteiger partial charge in [-0.25, -0.2) is 4.68 Å². The van der Waals surface area contributed by atoms with Crippen molar-refractivity contribution in [2.24, 2.45) is 5.92 Å². The van der Waals surface area contributed by atoms with Crippen molar-refractivity contribution in [3.05, 3.63) is 106 Å². The predicted molar refractivity (Wildman–Crippen MR) is 133 cm³/mol. The van der Waals surface area contributed by atoms with Crippen LogP contribution in [0.4, 0.5) is 0 Å². The number of phenolic OH excluding ortho intramolecular Hbond substituents is 1. The lowest BCUT2D eigenvalue weighted by molar-refractivity contribution is 0.0645. The number of benzene rings is 3. The summed E-state index contributed by atoms with van der Waals surface area (Å²) in [4.78, 5) is 41.2. The van der Waals surface area contributed by atoms with Crippen molar-refractivity contribution in [3.8, 4) is 5.75 Å². The first kappa shape index (κ1) is 22.5. The zero-order valence-corrected chi connectivity index (χ0v) is 19.1. The van der Waals surface area contributed by atoms with Crippen LogP contribution in [0.15, 0.2) is 83.7 Å². The van der Waals surface area contributed by atoms with Gasteiger partial charge in [-0.2, -0.15) is 5.10 Å². The van der Waals surface area contributed by atoms with Crippen molar-refractivity contribution in [3.63, 3.8) is 0 Å². The molecule has 1 N–H and O–H groups in total. The molecule has 4 aromatic rings. The zero-order valence-electron chi connectivity index (χ0n) is 19.1. The van der Waals surface area contributed by atoms with Crippen LogP contribution < -0.4 is 5.56 Å². The van der Waals surface area contributed by atoms with Crippen molar-refractivity contribution < 1.29 is 14.7 Å². The lowest BCUT2D eigenvalue weighted by Gasteiger charge is -2.31. The number of aromatic hydroxyl groups is 1. The lowest BCUT2D eigenvalue weighted by Crippen LogP contribution is -2.41. The number of phenols is 1. The number of ketones is 1. The second kappa shape index (κ2) is 9.54. The minimum atomic E-state index is -0.237. The molecule has 1 aromatic heterocycles. The molecule has 1 aliphatic rings. The highest BCUT2D eigenvalue weighted by Gasteiger charge is 2.30. The highest BCUT2D eigenvalue weighted by molar-refractivity contribution is 6.05. The summed E-state index contributed by atoms with van der Waals surface area (Å²) in [6, 6.07) is 22.9. The summed E-state index contributed by atoms with van der Waals surface area (Å²) in [6.07, 6.45) is 1.10. The van der Waals surface area contributed by atoms with E-state index in [4.69, 9.17) is 0 Å². The number of carbonyl (C=O) groups excluding carboxylic acids is 2. The number of rotatable bonds is 5. The molecular weight excluding hydrogens is 442 g/mol. The van der Waals surface area contributed by atoms with Gasteiger partial charge in [0.1, 0.15) is 5.75 Å². The van der Waals surface area contributed by atoms with Crippen LogP contribution in [-0.4, -0.2) is 44.6 Å². The fourth-order valence-corrected chi connectivity index (χ4v) is 4.61. The maximum Gasteiger partial charge on any atom is 0.274 e. The van der Waals surface area contributed by atoms with Gasteiger partial charge in [0.15, 0.2) is 11.5 Å². The third kappa shape index (κ3) is 4.57. The first-order valence-corrected chi connectivity index (χ1v) is 11.7. The quantitative estimate of drug-likeness (QED) is 0.450. The molecule has 3 aromatic carbocycles. The van der Waals surface area contributed by atoms with E-state index in [1.165, 1.54) is 16.8 Å². The van der Waals surface area contributed by atoms with Crippen LogP contribution in [0.5, 0.6) is 5.75 Å². The minimum absolute atomic E-state index is 0.0251. The molecular formula is C28H25N3O4. The summed E-state index contributed by atoms with van der Waals surface area (Å²) < 4.78 is 1.35. The highest BCUT2D eigenvalue weighted by atomic mass is 16.3. The Hall–Kier alpha value is -4.26. The Kier molecular flexibility index (Phi) is 6.14. The van der Waals surface area contributed by atoms with Crippen LogP contribution in [0.25, 0.3) is 10.8 Å². The van der Waals surface area contributed by atoms with Gasteiger partial charge in [-0.1, -0.05) is 48.5 Å². The molecule has 0 radical (unpaired) electrons. The molecule has 0 spiro atoms. The van der Waals surface area contributed by atoms with Gasteiger partial charge >= 0.3 is 0 Å². The molecule has 7 nitrogen and oxygen atoms in total. The SMILES string of the molecule is O=C(c1ccc(O)cc1)C1CCN(C(=O)c2nn(Cc3ccccc3)c(=O)c3ccccc23)CC1. The lowest BCUT2D eigenvalue weighted by atomic mass is 9.88. The Morgan fingerprint density at radius 3 is 2.17 bits per heavy atom. The summed E-state index contributed by atoms with van der Waals surface area (Å²) in [7, 11) is 0. The molecule has 0 bridgehead atoms. The summed E-state index contributed by atoms with van der Waals surface area (Å²) in [5, 5.41) is 15.0. The number of hydrogen-bond acceptors (Lipinski definition) is 5. The fourth-order valence-electron chi connectivity index (χ4n) is 4.61. The maximum atomic E-state index is 13.5.